The molecule has 0 bridgehead atoms. The molecule has 2 unspecified atom stereocenters. The molecule has 0 aromatic carbocycles. The molecule has 3 N–H and O–H groups in total. The minimum atomic E-state index is -4.37. The first kappa shape index (κ1) is 33.6. The fourth-order valence-corrected chi connectivity index (χ4v) is 7.03. The van der Waals surface area contributed by atoms with E-state index >= 15 is 0 Å². The molecule has 2 aliphatic heterocycles. The van der Waals surface area contributed by atoms with Crippen molar-refractivity contribution in [2.75, 3.05) is 20.2 Å². The quantitative estimate of drug-likeness (QED) is 0.260. The predicted octanol–water partition coefficient (Wildman–Crippen LogP) is 3.77. The summed E-state index contributed by atoms with van der Waals surface area (Å²) in [5.74, 6) is 0.0665. The molecular formula is C29H42F3N7O4S. The molecule has 3 aliphatic rings. The van der Waals surface area contributed by atoms with E-state index in [0.717, 1.165) is 6.42 Å². The van der Waals surface area contributed by atoms with Crippen LogP contribution in [0.1, 0.15) is 52.7 Å². The number of rotatable bonds is 10. The maximum Gasteiger partial charge on any atom is 0.397 e. The van der Waals surface area contributed by atoms with E-state index in [-0.39, 0.29) is 34.5 Å². The van der Waals surface area contributed by atoms with Crippen LogP contribution >= 0.6 is 0 Å². The standard InChI is InChI=1S/C29H42F3N7O4S/c1-18(2)20-14-27(4,5)39(15-20)26-21(25(40)36-44(41,42)22-16-37(6)35-19(22)3)8-9-24(38(26)7)34-13-10-23(33)43-17-28(11-12-28)29(30,31)32/h8-10,13,16,18,20,26,33-34H,11-12,14-15,17H2,1-7H3,(H,36,40)/b13-10-,33-23?. The van der Waals surface area contributed by atoms with Gasteiger partial charge in [0.05, 0.1) is 11.3 Å². The topological polar surface area (TPSA) is 133 Å². The van der Waals surface area contributed by atoms with Crippen molar-refractivity contribution in [3.8, 4) is 0 Å². The highest BCUT2D eigenvalue weighted by Crippen LogP contribution is 2.57. The fraction of sp³-hybridized carbons (Fsp3) is 0.621. The summed E-state index contributed by atoms with van der Waals surface area (Å²) >= 11 is 0. The van der Waals surface area contributed by atoms with E-state index in [9.17, 15) is 26.4 Å². The lowest BCUT2D eigenvalue weighted by Crippen LogP contribution is -2.57. The molecule has 1 aliphatic carbocycles. The number of amides is 1. The Labute approximate surface area is 256 Å². The van der Waals surface area contributed by atoms with Crippen LogP contribution in [-0.2, 0) is 26.6 Å². The van der Waals surface area contributed by atoms with Gasteiger partial charge < -0.3 is 15.0 Å². The van der Waals surface area contributed by atoms with Crippen LogP contribution in [-0.4, -0.2) is 77.9 Å². The number of halogens is 3. The Hall–Kier alpha value is -3.33. The third-order valence-corrected chi connectivity index (χ3v) is 10.3. The Morgan fingerprint density at radius 3 is 2.43 bits per heavy atom. The van der Waals surface area contributed by atoms with E-state index in [1.54, 1.807) is 38.1 Å². The van der Waals surface area contributed by atoms with Crippen molar-refractivity contribution in [1.82, 2.24) is 29.6 Å². The predicted molar refractivity (Wildman–Crippen MR) is 158 cm³/mol. The number of alkyl halides is 3. The Morgan fingerprint density at radius 2 is 1.91 bits per heavy atom. The number of hydrogen-bond donors (Lipinski definition) is 3. The van der Waals surface area contributed by atoms with E-state index in [1.165, 1.54) is 23.2 Å². The molecule has 2 fully saturated rings. The Kier molecular flexibility index (Phi) is 9.06. The minimum Gasteiger partial charge on any atom is -0.477 e. The first-order valence-electron chi connectivity index (χ1n) is 14.5. The van der Waals surface area contributed by atoms with Gasteiger partial charge in [0.2, 0.25) is 5.90 Å². The van der Waals surface area contributed by atoms with E-state index in [0.29, 0.717) is 24.2 Å². The Balaban J connectivity index is 1.56. The molecule has 15 heteroatoms. The van der Waals surface area contributed by atoms with Crippen molar-refractivity contribution in [1.29, 1.82) is 5.41 Å². The number of aryl methyl sites for hydroxylation is 2. The van der Waals surface area contributed by atoms with Crippen LogP contribution in [0.15, 0.2) is 46.9 Å². The van der Waals surface area contributed by atoms with Crippen molar-refractivity contribution < 1.29 is 31.1 Å². The highest BCUT2D eigenvalue weighted by Gasteiger charge is 2.64. The van der Waals surface area contributed by atoms with Crippen LogP contribution < -0.4 is 10.0 Å². The third-order valence-electron chi connectivity index (χ3n) is 8.83. The Bertz CT molecular complexity index is 1490. The number of carbonyl (C=O) groups excluding carboxylic acids is 1. The number of likely N-dealkylation sites (tertiary alicyclic amines) is 1. The molecule has 1 saturated carbocycles. The molecule has 1 amide bonds. The molecule has 3 heterocycles. The number of nitrogens with one attached hydrogen (secondary N) is 3. The number of aromatic nitrogens is 2. The highest BCUT2D eigenvalue weighted by atomic mass is 32.2. The lowest BCUT2D eigenvalue weighted by Gasteiger charge is -2.46. The molecule has 4 rings (SSSR count). The van der Waals surface area contributed by atoms with Crippen LogP contribution in [0, 0.1) is 29.6 Å². The van der Waals surface area contributed by atoms with Gasteiger partial charge in [0.15, 0.2) is 0 Å². The van der Waals surface area contributed by atoms with Gasteiger partial charge in [0.25, 0.3) is 15.9 Å². The van der Waals surface area contributed by atoms with Gasteiger partial charge in [-0.2, -0.15) is 18.3 Å². The molecule has 1 aromatic rings. The summed E-state index contributed by atoms with van der Waals surface area (Å²) in [4.78, 5) is 17.6. The molecule has 11 nitrogen and oxygen atoms in total. The van der Waals surface area contributed by atoms with Gasteiger partial charge in [-0.15, -0.1) is 0 Å². The van der Waals surface area contributed by atoms with Crippen molar-refractivity contribution in [2.45, 2.75) is 76.7 Å². The van der Waals surface area contributed by atoms with Gasteiger partial charge in [-0.3, -0.25) is 19.8 Å². The van der Waals surface area contributed by atoms with Crippen LogP contribution in [0.2, 0.25) is 0 Å². The number of sulfonamides is 1. The summed E-state index contributed by atoms with van der Waals surface area (Å²) in [6, 6.07) is 0. The zero-order valence-electron chi connectivity index (χ0n) is 26.1. The van der Waals surface area contributed by atoms with Crippen LogP contribution in [0.5, 0.6) is 0 Å². The number of nitrogens with zero attached hydrogens (tertiary/aromatic N) is 4. The second kappa shape index (κ2) is 11.9. The summed E-state index contributed by atoms with van der Waals surface area (Å²) in [6.45, 7) is 10.1. The zero-order chi connectivity index (χ0) is 32.8. The average molecular weight is 642 g/mol. The van der Waals surface area contributed by atoms with Crippen LogP contribution in [0.4, 0.5) is 13.2 Å². The molecule has 1 aromatic heterocycles. The van der Waals surface area contributed by atoms with Crippen molar-refractivity contribution >= 4 is 21.8 Å². The second-order valence-corrected chi connectivity index (χ2v) is 14.6. The molecule has 0 spiro atoms. The van der Waals surface area contributed by atoms with Gasteiger partial charge in [-0.1, -0.05) is 13.8 Å². The number of carbonyl (C=O) groups is 1. The third kappa shape index (κ3) is 6.82. The monoisotopic (exact) mass is 641 g/mol. The van der Waals surface area contributed by atoms with E-state index in [4.69, 9.17) is 10.1 Å². The normalized spacial score (nSPS) is 23.5. The maximum absolute atomic E-state index is 13.7. The van der Waals surface area contributed by atoms with Crippen molar-refractivity contribution in [3.05, 3.63) is 47.7 Å². The van der Waals surface area contributed by atoms with Crippen molar-refractivity contribution in [2.24, 2.45) is 24.3 Å². The maximum atomic E-state index is 13.7. The van der Waals surface area contributed by atoms with Crippen molar-refractivity contribution in [3.63, 3.8) is 0 Å². The van der Waals surface area contributed by atoms with Crippen LogP contribution in [0.3, 0.4) is 0 Å². The summed E-state index contributed by atoms with van der Waals surface area (Å²) in [7, 11) is -0.855. The first-order valence-corrected chi connectivity index (χ1v) is 16.0. The minimum absolute atomic E-state index is 0.0132. The number of ether oxygens (including phenoxy) is 1. The lowest BCUT2D eigenvalue weighted by molar-refractivity contribution is -0.195. The number of allylic oxidation sites excluding steroid dienone is 2. The summed E-state index contributed by atoms with van der Waals surface area (Å²) in [5, 5.41) is 15.0. The lowest BCUT2D eigenvalue weighted by atomic mass is 9.89. The van der Waals surface area contributed by atoms with E-state index in [1.807, 2.05) is 0 Å². The second-order valence-electron chi connectivity index (χ2n) is 12.9. The summed E-state index contributed by atoms with van der Waals surface area (Å²) < 4.78 is 74.6. The van der Waals surface area contributed by atoms with E-state index in [2.05, 4.69) is 47.7 Å². The molecule has 2 atom stereocenters. The van der Waals surface area contributed by atoms with Crippen LogP contribution in [0.25, 0.3) is 0 Å². The van der Waals surface area contributed by atoms with Gasteiger partial charge in [0, 0.05) is 44.7 Å². The average Bonchev–Trinajstić information content (AvgIpc) is 3.53. The zero-order valence-corrected chi connectivity index (χ0v) is 26.9. The first-order chi connectivity index (χ1) is 20.3. The number of hydrogen-bond acceptors (Lipinski definition) is 9. The fourth-order valence-electron chi connectivity index (χ4n) is 5.84. The summed E-state index contributed by atoms with van der Waals surface area (Å²) in [5.41, 5.74) is -1.72. The number of likely N-dealkylation sites (N-methyl/N-ethyl adjacent to an activating group) is 1. The molecule has 0 radical (unpaired) electrons. The highest BCUT2D eigenvalue weighted by molar-refractivity contribution is 7.90. The molecule has 1 saturated heterocycles. The van der Waals surface area contributed by atoms with Gasteiger partial charge >= 0.3 is 6.18 Å². The largest absolute Gasteiger partial charge is 0.477 e. The molecule has 44 heavy (non-hydrogen) atoms. The van der Waals surface area contributed by atoms with Gasteiger partial charge in [-0.05, 0) is 64.0 Å². The summed E-state index contributed by atoms with van der Waals surface area (Å²) in [6.07, 6.45) is 2.93. The van der Waals surface area contributed by atoms with Gasteiger partial charge in [0.1, 0.15) is 28.9 Å². The Morgan fingerprint density at radius 1 is 1.25 bits per heavy atom. The van der Waals surface area contributed by atoms with Gasteiger partial charge in [-0.25, -0.2) is 13.1 Å². The SMILES string of the molecule is Cc1nn(C)cc1S(=O)(=O)NC(=O)C1=CC=C(N/C=C\C(=N)OCC2(C(F)(F)F)CC2)N(C)C1N1CC(C(C)C)CC1(C)C. The van der Waals surface area contributed by atoms with E-state index < -0.39 is 46.2 Å². The molecule has 244 valence electrons. The smallest absolute Gasteiger partial charge is 0.397 e. The molecular weight excluding hydrogens is 599 g/mol.